The first kappa shape index (κ1) is 24.9. The van der Waals surface area contributed by atoms with Gasteiger partial charge in [-0.3, -0.25) is 0 Å². The zero-order chi connectivity index (χ0) is 24.8. The van der Waals surface area contributed by atoms with Gasteiger partial charge in [-0.25, -0.2) is 8.42 Å². The predicted molar refractivity (Wildman–Crippen MR) is 139 cm³/mol. The molecule has 3 aromatic rings. The molecule has 0 saturated heterocycles. The van der Waals surface area contributed by atoms with Gasteiger partial charge in [0.15, 0.2) is 0 Å². The van der Waals surface area contributed by atoms with Crippen LogP contribution in [0.2, 0.25) is 0 Å². The van der Waals surface area contributed by atoms with Crippen molar-refractivity contribution in [1.82, 2.24) is 4.31 Å². The maximum atomic E-state index is 13.8. The second kappa shape index (κ2) is 11.0. The van der Waals surface area contributed by atoms with Gasteiger partial charge in [-0.2, -0.15) is 4.31 Å². The average Bonchev–Trinajstić information content (AvgIpc) is 3.64. The van der Waals surface area contributed by atoms with Crippen molar-refractivity contribution < 1.29 is 17.9 Å². The van der Waals surface area contributed by atoms with Gasteiger partial charge < -0.3 is 9.47 Å². The fraction of sp³-hybridized carbons (Fsp3) is 0.241. The lowest BCUT2D eigenvalue weighted by molar-refractivity contribution is 0.144. The van der Waals surface area contributed by atoms with Gasteiger partial charge in [0.05, 0.1) is 31.3 Å². The molecule has 5 nitrogen and oxygen atoms in total. The molecule has 35 heavy (non-hydrogen) atoms. The van der Waals surface area contributed by atoms with Crippen LogP contribution in [0, 0.1) is 6.92 Å². The number of nitrogens with zero attached hydrogens (tertiary/aromatic N) is 1. The zero-order valence-electron chi connectivity index (χ0n) is 20.2. The van der Waals surface area contributed by atoms with Crippen LogP contribution in [-0.2, 0) is 21.4 Å². The van der Waals surface area contributed by atoms with Gasteiger partial charge in [0.1, 0.15) is 5.75 Å². The van der Waals surface area contributed by atoms with E-state index < -0.39 is 16.1 Å². The molecule has 6 heteroatoms. The summed E-state index contributed by atoms with van der Waals surface area (Å²) in [4.78, 5) is 0.282. The highest BCUT2D eigenvalue weighted by Gasteiger charge is 2.39. The van der Waals surface area contributed by atoms with Crippen LogP contribution < -0.4 is 4.74 Å². The molecule has 1 unspecified atom stereocenters. The van der Waals surface area contributed by atoms with Crippen molar-refractivity contribution in [2.45, 2.75) is 30.9 Å². The van der Waals surface area contributed by atoms with Crippen molar-refractivity contribution >= 4 is 10.0 Å². The Bertz CT molecular complexity index is 1280. The van der Waals surface area contributed by atoms with Gasteiger partial charge in [0.2, 0.25) is 10.0 Å². The lowest BCUT2D eigenvalue weighted by Gasteiger charge is -2.29. The van der Waals surface area contributed by atoms with Crippen molar-refractivity contribution in [3.05, 3.63) is 119 Å². The van der Waals surface area contributed by atoms with Crippen LogP contribution in [0.1, 0.15) is 29.2 Å². The molecule has 0 amide bonds. The molecule has 1 atom stereocenters. The Labute approximate surface area is 208 Å². The van der Waals surface area contributed by atoms with Gasteiger partial charge in [-0.15, -0.1) is 6.58 Å². The third-order valence-corrected chi connectivity index (χ3v) is 7.95. The van der Waals surface area contributed by atoms with Crippen molar-refractivity contribution in [3.8, 4) is 5.75 Å². The topological polar surface area (TPSA) is 55.8 Å². The molecule has 1 aliphatic rings. The number of aryl methyl sites for hydroxylation is 1. The van der Waals surface area contributed by atoms with E-state index in [-0.39, 0.29) is 11.4 Å². The van der Waals surface area contributed by atoms with E-state index in [0.29, 0.717) is 13.2 Å². The minimum Gasteiger partial charge on any atom is -0.497 e. The molecule has 3 aromatic carbocycles. The minimum atomic E-state index is -3.75. The largest absolute Gasteiger partial charge is 0.497 e. The lowest BCUT2D eigenvalue weighted by Crippen LogP contribution is -2.35. The molecule has 0 saturated carbocycles. The summed E-state index contributed by atoms with van der Waals surface area (Å²) in [5.74, 6) is 0.809. The summed E-state index contributed by atoms with van der Waals surface area (Å²) in [6, 6.07) is 24.1. The van der Waals surface area contributed by atoms with Crippen LogP contribution >= 0.6 is 0 Å². The fourth-order valence-electron chi connectivity index (χ4n) is 4.13. The van der Waals surface area contributed by atoms with Gasteiger partial charge >= 0.3 is 0 Å². The van der Waals surface area contributed by atoms with E-state index in [1.807, 2.05) is 73.7 Å². The maximum Gasteiger partial charge on any atom is 0.244 e. The van der Waals surface area contributed by atoms with E-state index >= 15 is 0 Å². The molecule has 182 valence electrons. The second-order valence-electron chi connectivity index (χ2n) is 8.64. The van der Waals surface area contributed by atoms with Crippen molar-refractivity contribution in [1.29, 1.82) is 0 Å². The Morgan fingerprint density at radius 2 is 1.66 bits per heavy atom. The van der Waals surface area contributed by atoms with E-state index in [9.17, 15) is 8.42 Å². The first-order valence-electron chi connectivity index (χ1n) is 11.6. The van der Waals surface area contributed by atoms with Crippen molar-refractivity contribution in [2.24, 2.45) is 0 Å². The van der Waals surface area contributed by atoms with Gasteiger partial charge in [-0.05, 0) is 59.9 Å². The molecule has 0 aromatic heterocycles. The summed E-state index contributed by atoms with van der Waals surface area (Å²) >= 11 is 0. The first-order valence-corrected chi connectivity index (χ1v) is 13.0. The van der Waals surface area contributed by atoms with Crippen LogP contribution in [0.4, 0.5) is 0 Å². The van der Waals surface area contributed by atoms with E-state index in [2.05, 4.69) is 6.58 Å². The maximum absolute atomic E-state index is 13.8. The highest BCUT2D eigenvalue weighted by atomic mass is 32.2. The summed E-state index contributed by atoms with van der Waals surface area (Å²) in [6.45, 7) is 6.94. The molecule has 0 N–H and O–H groups in total. The molecule has 0 radical (unpaired) electrons. The van der Waals surface area contributed by atoms with E-state index in [1.54, 1.807) is 29.6 Å². The summed E-state index contributed by atoms with van der Waals surface area (Å²) < 4.78 is 40.2. The predicted octanol–water partition coefficient (Wildman–Crippen LogP) is 5.84. The Kier molecular flexibility index (Phi) is 7.86. The van der Waals surface area contributed by atoms with Crippen molar-refractivity contribution in [3.63, 3.8) is 0 Å². The molecule has 4 rings (SSSR count). The normalized spacial score (nSPS) is 14.1. The SMILES string of the molecule is C=CCN(C(C1=C(COCc2ccc(OC)cc2)C1)c1ccccc1)S(=O)(=O)c1ccc(C)cc1. The molecule has 0 aliphatic heterocycles. The van der Waals surface area contributed by atoms with E-state index in [4.69, 9.17) is 9.47 Å². The molecular formula is C29H31NO4S. The van der Waals surface area contributed by atoms with Crippen molar-refractivity contribution in [2.75, 3.05) is 20.3 Å². The Morgan fingerprint density at radius 3 is 2.29 bits per heavy atom. The van der Waals surface area contributed by atoms with E-state index in [0.717, 1.165) is 40.0 Å². The monoisotopic (exact) mass is 489 g/mol. The molecular weight excluding hydrogens is 458 g/mol. The van der Waals surface area contributed by atoms with Crippen LogP contribution in [0.5, 0.6) is 5.75 Å². The smallest absolute Gasteiger partial charge is 0.244 e. The third-order valence-electron chi connectivity index (χ3n) is 6.11. The van der Waals surface area contributed by atoms with Gasteiger partial charge in [0.25, 0.3) is 0 Å². The van der Waals surface area contributed by atoms with Gasteiger partial charge in [0, 0.05) is 6.54 Å². The van der Waals surface area contributed by atoms with Crippen LogP contribution in [0.25, 0.3) is 0 Å². The highest BCUT2D eigenvalue weighted by molar-refractivity contribution is 7.89. The summed E-state index contributed by atoms with van der Waals surface area (Å²) in [5.41, 5.74) is 5.23. The number of benzene rings is 3. The molecule has 1 aliphatic carbocycles. The molecule has 0 spiro atoms. The van der Waals surface area contributed by atoms with Gasteiger partial charge in [-0.1, -0.05) is 66.2 Å². The number of hydrogen-bond acceptors (Lipinski definition) is 4. The fourth-order valence-corrected chi connectivity index (χ4v) is 5.70. The number of ether oxygens (including phenoxy) is 2. The number of rotatable bonds is 12. The average molecular weight is 490 g/mol. The standard InChI is InChI=1S/C29H31NO4S/c1-4-18-30(35(31,32)27-16-10-22(2)11-17-27)29(24-8-6-5-7-9-24)28-19-25(28)21-34-20-23-12-14-26(33-3)15-13-23/h4-17,29H,1,18-21H2,2-3H3. The number of hydrogen-bond donors (Lipinski definition) is 0. The first-order chi connectivity index (χ1) is 16.9. The molecule has 0 heterocycles. The second-order valence-corrected chi connectivity index (χ2v) is 10.5. The summed E-state index contributed by atoms with van der Waals surface area (Å²) in [6.07, 6.45) is 2.39. The number of methoxy groups -OCH3 is 1. The Hall–Kier alpha value is -3.19. The minimum absolute atomic E-state index is 0.208. The molecule has 0 fully saturated rings. The highest BCUT2D eigenvalue weighted by Crippen LogP contribution is 2.46. The third kappa shape index (κ3) is 5.90. The zero-order valence-corrected chi connectivity index (χ0v) is 21.0. The Balaban J connectivity index is 1.59. The Morgan fingerprint density at radius 1 is 0.971 bits per heavy atom. The van der Waals surface area contributed by atoms with Crippen LogP contribution in [-0.4, -0.2) is 33.0 Å². The number of sulfonamides is 1. The van der Waals surface area contributed by atoms with Crippen LogP contribution in [0.15, 0.2) is 108 Å². The summed E-state index contributed by atoms with van der Waals surface area (Å²) in [7, 11) is -2.11. The molecule has 0 bridgehead atoms. The quantitative estimate of drug-likeness (QED) is 0.300. The summed E-state index contributed by atoms with van der Waals surface area (Å²) in [5, 5.41) is 0. The van der Waals surface area contributed by atoms with Crippen LogP contribution in [0.3, 0.4) is 0 Å². The lowest BCUT2D eigenvalue weighted by atomic mass is 10.0. The van der Waals surface area contributed by atoms with E-state index in [1.165, 1.54) is 0 Å².